The van der Waals surface area contributed by atoms with Crippen molar-refractivity contribution in [3.63, 3.8) is 0 Å². The highest BCUT2D eigenvalue weighted by atomic mass is 16.5. The van der Waals surface area contributed by atoms with Crippen molar-refractivity contribution >= 4 is 22.7 Å². The van der Waals surface area contributed by atoms with Gasteiger partial charge in [-0.2, -0.15) is 4.98 Å². The van der Waals surface area contributed by atoms with E-state index in [9.17, 15) is 15.3 Å². The summed E-state index contributed by atoms with van der Waals surface area (Å²) in [6.07, 6.45) is 1.99. The van der Waals surface area contributed by atoms with Gasteiger partial charge in [0.15, 0.2) is 11.3 Å². The Hall–Kier alpha value is -2.95. The van der Waals surface area contributed by atoms with Gasteiger partial charge >= 0.3 is 0 Å². The van der Waals surface area contributed by atoms with Gasteiger partial charge in [0.1, 0.15) is 17.7 Å². The minimum atomic E-state index is -1.64. The molecule has 0 unspecified atom stereocenters. The van der Waals surface area contributed by atoms with Gasteiger partial charge in [-0.15, -0.1) is 0 Å². The summed E-state index contributed by atoms with van der Waals surface area (Å²) in [5.74, 6) is 1.87. The lowest BCUT2D eigenvalue weighted by Gasteiger charge is -2.31. The maximum atomic E-state index is 11.2. The van der Waals surface area contributed by atoms with Crippen LogP contribution in [0.4, 0.5) is 11.8 Å². The second kappa shape index (κ2) is 8.68. The van der Waals surface area contributed by atoms with Crippen LogP contribution >= 0.6 is 0 Å². The predicted molar refractivity (Wildman–Crippen MR) is 127 cm³/mol. The van der Waals surface area contributed by atoms with Crippen LogP contribution in [0, 0.1) is 25.7 Å². The molecule has 10 heteroatoms. The average molecular weight is 470 g/mol. The molecule has 5 rings (SSSR count). The summed E-state index contributed by atoms with van der Waals surface area (Å²) >= 11 is 0. The number of nitrogens with zero attached hydrogens (tertiary/aromatic N) is 3. The molecule has 2 saturated carbocycles. The number of methoxy groups -OCH3 is 1. The quantitative estimate of drug-likeness (QED) is 0.312. The molecule has 3 aromatic rings. The molecular weight excluding hydrogens is 438 g/mol. The van der Waals surface area contributed by atoms with Gasteiger partial charge in [0.25, 0.3) is 5.88 Å². The monoisotopic (exact) mass is 469 g/mol. The Labute approximate surface area is 197 Å². The highest BCUT2D eigenvalue weighted by Crippen LogP contribution is 2.41. The molecule has 2 fully saturated rings. The lowest BCUT2D eigenvalue weighted by atomic mass is 10.0. The highest BCUT2D eigenvalue weighted by Gasteiger charge is 2.47. The summed E-state index contributed by atoms with van der Waals surface area (Å²) in [5, 5.41) is 38.7. The summed E-state index contributed by atoms with van der Waals surface area (Å²) in [6.45, 7) is 4.31. The first-order chi connectivity index (χ1) is 16.3. The standard InChI is InChI=1S/C24H31N5O5/c1-12-8-16-9-17(34-19(16)22(26-12)33-3)18-13(2)27-23(25-10-14-4-5-14)28-21(18)29-24(32)7-6-15(11-30)20(24)31/h8-9,14-15,20,30-32H,4-7,10-11H2,1-3H3,(H2,25,27,28,29)/t15-,20-,24-/m1/s1. The van der Waals surface area contributed by atoms with Gasteiger partial charge in [0, 0.05) is 30.1 Å². The van der Waals surface area contributed by atoms with Crippen LogP contribution < -0.4 is 15.4 Å². The number of nitrogens with one attached hydrogen (secondary N) is 2. The predicted octanol–water partition coefficient (Wildman–Crippen LogP) is 2.60. The van der Waals surface area contributed by atoms with Crippen LogP contribution in [0.25, 0.3) is 22.3 Å². The fourth-order valence-electron chi connectivity index (χ4n) is 4.64. The third-order valence-corrected chi connectivity index (χ3v) is 6.77. The molecule has 0 bridgehead atoms. The molecule has 2 aliphatic carbocycles. The molecule has 0 saturated heterocycles. The molecule has 5 N–H and O–H groups in total. The van der Waals surface area contributed by atoms with Crippen LogP contribution in [0.2, 0.25) is 0 Å². The molecule has 10 nitrogen and oxygen atoms in total. The average Bonchev–Trinajstić information content (AvgIpc) is 3.47. The minimum Gasteiger partial charge on any atom is -0.478 e. The lowest BCUT2D eigenvalue weighted by Crippen LogP contribution is -2.48. The van der Waals surface area contributed by atoms with Crippen molar-refractivity contribution < 1.29 is 24.5 Å². The fraction of sp³-hybridized carbons (Fsp3) is 0.542. The molecular formula is C24H31N5O5. The molecule has 0 aliphatic heterocycles. The lowest BCUT2D eigenvalue weighted by molar-refractivity contribution is -0.0545. The Morgan fingerprint density at radius 3 is 2.65 bits per heavy atom. The van der Waals surface area contributed by atoms with E-state index in [1.54, 1.807) is 7.11 Å². The van der Waals surface area contributed by atoms with E-state index in [0.717, 1.165) is 17.6 Å². The van der Waals surface area contributed by atoms with Crippen molar-refractivity contribution in [1.29, 1.82) is 0 Å². The van der Waals surface area contributed by atoms with Gasteiger partial charge in [-0.1, -0.05) is 0 Å². The number of ether oxygens (including phenoxy) is 1. The first-order valence-electron chi connectivity index (χ1n) is 11.7. The third kappa shape index (κ3) is 4.17. The van der Waals surface area contributed by atoms with Crippen LogP contribution in [0.5, 0.6) is 5.88 Å². The Morgan fingerprint density at radius 2 is 1.97 bits per heavy atom. The van der Waals surface area contributed by atoms with E-state index in [4.69, 9.17) is 9.15 Å². The van der Waals surface area contributed by atoms with Gasteiger partial charge in [-0.25, -0.2) is 9.97 Å². The number of anilines is 2. The van der Waals surface area contributed by atoms with Crippen molar-refractivity contribution in [1.82, 2.24) is 15.0 Å². The number of pyridine rings is 1. The summed E-state index contributed by atoms with van der Waals surface area (Å²) in [5.41, 5.74) is 0.873. The van der Waals surface area contributed by atoms with Crippen molar-refractivity contribution in [3.8, 4) is 17.2 Å². The molecule has 2 aliphatic rings. The molecule has 34 heavy (non-hydrogen) atoms. The second-order valence-electron chi connectivity index (χ2n) is 9.46. The van der Waals surface area contributed by atoms with E-state index in [-0.39, 0.29) is 13.0 Å². The molecule has 0 radical (unpaired) electrons. The smallest absolute Gasteiger partial charge is 0.258 e. The second-order valence-corrected chi connectivity index (χ2v) is 9.46. The van der Waals surface area contributed by atoms with E-state index in [0.29, 0.717) is 52.6 Å². The summed E-state index contributed by atoms with van der Waals surface area (Å²) in [6, 6.07) is 3.77. The summed E-state index contributed by atoms with van der Waals surface area (Å²) in [4.78, 5) is 13.7. The van der Waals surface area contributed by atoms with Crippen LogP contribution in [0.15, 0.2) is 16.5 Å². The van der Waals surface area contributed by atoms with Crippen molar-refractivity contribution in [2.24, 2.45) is 11.8 Å². The van der Waals surface area contributed by atoms with Crippen molar-refractivity contribution in [2.45, 2.75) is 51.4 Å². The Bertz CT molecular complexity index is 1210. The van der Waals surface area contributed by atoms with Gasteiger partial charge in [-0.05, 0) is 57.6 Å². The Kier molecular flexibility index (Phi) is 5.83. The Balaban J connectivity index is 1.59. The minimum absolute atomic E-state index is 0.204. The SMILES string of the molecule is COc1nc(C)cc2cc(-c3c(C)nc(NCC4CC4)nc3N[C@@]3(O)CC[C@H](CO)[C@H]3O)oc12. The topological polar surface area (TPSA) is 146 Å². The van der Waals surface area contributed by atoms with E-state index in [2.05, 4.69) is 25.6 Å². The van der Waals surface area contributed by atoms with Gasteiger partial charge in [0.05, 0.1) is 18.4 Å². The van der Waals surface area contributed by atoms with E-state index < -0.39 is 17.7 Å². The molecule has 3 aromatic heterocycles. The normalized spacial score (nSPS) is 24.5. The fourth-order valence-corrected chi connectivity index (χ4v) is 4.64. The van der Waals surface area contributed by atoms with Crippen molar-refractivity contribution in [3.05, 3.63) is 23.5 Å². The van der Waals surface area contributed by atoms with Gasteiger partial charge in [0.2, 0.25) is 5.95 Å². The number of hydrogen-bond acceptors (Lipinski definition) is 10. The number of furan rings is 1. The number of aryl methyl sites for hydroxylation is 2. The number of aliphatic hydroxyl groups excluding tert-OH is 2. The van der Waals surface area contributed by atoms with Gasteiger partial charge < -0.3 is 35.1 Å². The largest absolute Gasteiger partial charge is 0.478 e. The maximum Gasteiger partial charge on any atom is 0.258 e. The first-order valence-corrected chi connectivity index (χ1v) is 11.7. The molecule has 0 aromatic carbocycles. The molecule has 182 valence electrons. The number of hydrogen-bond donors (Lipinski definition) is 5. The third-order valence-electron chi connectivity index (χ3n) is 6.77. The maximum absolute atomic E-state index is 11.2. The van der Waals surface area contributed by atoms with E-state index in [1.165, 1.54) is 12.8 Å². The van der Waals surface area contributed by atoms with Crippen molar-refractivity contribution in [2.75, 3.05) is 30.9 Å². The number of aromatic nitrogens is 3. The zero-order valence-electron chi connectivity index (χ0n) is 19.6. The van der Waals surface area contributed by atoms with Gasteiger partial charge in [-0.3, -0.25) is 0 Å². The number of rotatable bonds is 8. The van der Waals surface area contributed by atoms with Crippen LogP contribution in [-0.4, -0.2) is 62.4 Å². The Morgan fingerprint density at radius 1 is 1.18 bits per heavy atom. The highest BCUT2D eigenvalue weighted by molar-refractivity contribution is 5.89. The molecule has 3 atom stereocenters. The van der Waals surface area contributed by atoms with E-state index >= 15 is 0 Å². The molecule has 0 spiro atoms. The zero-order valence-corrected chi connectivity index (χ0v) is 19.6. The summed E-state index contributed by atoms with van der Waals surface area (Å²) in [7, 11) is 1.54. The first kappa shape index (κ1) is 22.8. The zero-order chi connectivity index (χ0) is 24.0. The molecule has 0 amide bonds. The van der Waals surface area contributed by atoms with Crippen LogP contribution in [0.3, 0.4) is 0 Å². The number of fused-ring (bicyclic) bond motifs is 1. The number of aliphatic hydroxyl groups is 3. The summed E-state index contributed by atoms with van der Waals surface area (Å²) < 4.78 is 11.6. The molecule has 3 heterocycles. The van der Waals surface area contributed by atoms with Crippen LogP contribution in [-0.2, 0) is 0 Å². The van der Waals surface area contributed by atoms with E-state index in [1.807, 2.05) is 26.0 Å². The van der Waals surface area contributed by atoms with Crippen LogP contribution in [0.1, 0.15) is 37.1 Å².